The molecule has 5 heterocycles. The third-order valence-electron chi connectivity index (χ3n) is 14.0. The first-order valence-electron chi connectivity index (χ1n) is 23.3. The van der Waals surface area contributed by atoms with Crippen molar-refractivity contribution in [1.29, 1.82) is 0 Å². The van der Waals surface area contributed by atoms with E-state index in [1.807, 2.05) is 30.2 Å². The molecule has 3 aliphatic heterocycles. The van der Waals surface area contributed by atoms with Gasteiger partial charge >= 0.3 is 12.2 Å². The van der Waals surface area contributed by atoms with Gasteiger partial charge in [0.25, 0.3) is 5.91 Å². The number of likely N-dealkylation sites (tertiary alicyclic amines) is 2. The smallest absolute Gasteiger partial charge is 0.407 e. The van der Waals surface area contributed by atoms with Gasteiger partial charge in [0.05, 0.1) is 50.1 Å². The van der Waals surface area contributed by atoms with E-state index in [0.29, 0.717) is 49.9 Å². The van der Waals surface area contributed by atoms with Crippen LogP contribution in [0.2, 0.25) is 0 Å². The van der Waals surface area contributed by atoms with Crippen LogP contribution in [0.25, 0.3) is 44.4 Å². The van der Waals surface area contributed by atoms with Crippen LogP contribution in [0.5, 0.6) is 0 Å². The number of hydrogen-bond acceptors (Lipinski definition) is 9. The number of alkyl carbamates (subject to hydrolysis) is 2. The van der Waals surface area contributed by atoms with Crippen LogP contribution >= 0.6 is 0 Å². The number of amides is 4. The standard InChI is InChI=1S/C52H58N8O7/c1-5-6-7-9-31(2)44(57-51(63)65-3)49(61)59-23-8-10-43(59)47-53-30-42(55-47)38-18-17-36-26-35(15-16-37(36)27-38)32-11-13-33(14-12-32)41-29-54-48(56-41)46-39-19-20-40(28-39)60(46)50(62)45(58-52(64)66-4)34-21-24-67-25-22-34/h5-7,9,11-18,26-27,29-30,34,39-40,43-46H,2,8,10,19-25,28H2,1,3-4H3,(H,53,55)(H,54,56)(H,57,63)(H,58,64)/b6-5-,9-7-/t39-,40+,43-,44+,45-,46-/m0/s1. The van der Waals surface area contributed by atoms with Gasteiger partial charge in [0.1, 0.15) is 23.7 Å². The summed E-state index contributed by atoms with van der Waals surface area (Å²) in [7, 11) is 2.59. The van der Waals surface area contributed by atoms with E-state index in [2.05, 4.69) is 87.8 Å². The summed E-state index contributed by atoms with van der Waals surface area (Å²) < 4.78 is 15.3. The number of nitrogens with zero attached hydrogens (tertiary/aromatic N) is 4. The van der Waals surface area contributed by atoms with Gasteiger partial charge in [0, 0.05) is 31.4 Å². The van der Waals surface area contributed by atoms with Crippen molar-refractivity contribution in [3.63, 3.8) is 0 Å². The number of aromatic nitrogens is 4. The Bertz CT molecular complexity index is 2700. The summed E-state index contributed by atoms with van der Waals surface area (Å²) in [5, 5.41) is 7.70. The Hall–Kier alpha value is -7.00. The van der Waals surface area contributed by atoms with Gasteiger partial charge in [-0.2, -0.15) is 0 Å². The highest BCUT2D eigenvalue weighted by atomic mass is 16.5. The lowest BCUT2D eigenvalue weighted by molar-refractivity contribution is -0.140. The molecule has 4 fully saturated rings. The van der Waals surface area contributed by atoms with Crippen molar-refractivity contribution in [2.75, 3.05) is 34.0 Å². The molecular weight excluding hydrogens is 849 g/mol. The highest BCUT2D eigenvalue weighted by molar-refractivity contribution is 5.92. The van der Waals surface area contributed by atoms with E-state index < -0.39 is 24.3 Å². The molecule has 0 spiro atoms. The third-order valence-corrected chi connectivity index (χ3v) is 14.0. The second-order valence-electron chi connectivity index (χ2n) is 17.9. The number of carbonyl (C=O) groups excluding carboxylic acids is 4. The fourth-order valence-corrected chi connectivity index (χ4v) is 10.5. The number of nitrogens with one attached hydrogen (secondary N) is 4. The molecule has 15 nitrogen and oxygen atoms in total. The molecule has 6 atom stereocenters. The fourth-order valence-electron chi connectivity index (χ4n) is 10.5. The molecule has 3 saturated heterocycles. The number of piperidine rings is 1. The minimum atomic E-state index is -0.985. The number of hydrogen-bond donors (Lipinski definition) is 4. The molecule has 9 rings (SSSR count). The Balaban J connectivity index is 0.879. The number of carbonyl (C=O) groups is 4. The first-order valence-corrected chi connectivity index (χ1v) is 23.3. The van der Waals surface area contributed by atoms with Crippen molar-refractivity contribution in [3.8, 4) is 33.6 Å². The molecule has 5 aromatic rings. The highest BCUT2D eigenvalue weighted by Gasteiger charge is 2.52. The molecule has 2 aromatic heterocycles. The average Bonchev–Trinajstić information content (AvgIpc) is 4.24. The van der Waals surface area contributed by atoms with Crippen LogP contribution < -0.4 is 10.6 Å². The summed E-state index contributed by atoms with van der Waals surface area (Å²) in [4.78, 5) is 73.4. The largest absolute Gasteiger partial charge is 0.453 e. The maximum atomic E-state index is 14.4. The molecule has 0 radical (unpaired) electrons. The normalized spacial score (nSPS) is 21.5. The zero-order chi connectivity index (χ0) is 46.6. The van der Waals surface area contributed by atoms with Gasteiger partial charge in [-0.1, -0.05) is 79.4 Å². The van der Waals surface area contributed by atoms with Crippen LogP contribution in [-0.4, -0.2) is 106 Å². The molecule has 348 valence electrons. The van der Waals surface area contributed by atoms with E-state index in [-0.39, 0.29) is 35.9 Å². The number of H-pyrrole nitrogens is 2. The minimum Gasteiger partial charge on any atom is -0.453 e. The van der Waals surface area contributed by atoms with E-state index in [4.69, 9.17) is 24.2 Å². The maximum absolute atomic E-state index is 14.4. The first kappa shape index (κ1) is 45.2. The van der Waals surface area contributed by atoms with Crippen molar-refractivity contribution in [1.82, 2.24) is 40.4 Å². The van der Waals surface area contributed by atoms with Gasteiger partial charge in [-0.25, -0.2) is 19.6 Å². The molecule has 1 aliphatic carbocycles. The molecule has 3 aromatic carbocycles. The van der Waals surface area contributed by atoms with Crippen molar-refractivity contribution >= 4 is 34.8 Å². The predicted molar refractivity (Wildman–Crippen MR) is 254 cm³/mol. The topological polar surface area (TPSA) is 184 Å². The van der Waals surface area contributed by atoms with Gasteiger partial charge < -0.3 is 44.6 Å². The second-order valence-corrected chi connectivity index (χ2v) is 17.9. The summed E-state index contributed by atoms with van der Waals surface area (Å²) in [5.41, 5.74) is 6.29. The third kappa shape index (κ3) is 9.37. The lowest BCUT2D eigenvalue weighted by Gasteiger charge is -2.39. The van der Waals surface area contributed by atoms with Gasteiger partial charge in [0.2, 0.25) is 5.91 Å². The lowest BCUT2D eigenvalue weighted by atomic mass is 9.89. The summed E-state index contributed by atoms with van der Waals surface area (Å²) in [6.45, 7) is 7.61. The molecule has 4 aliphatic rings. The maximum Gasteiger partial charge on any atom is 0.407 e. The number of aromatic amines is 2. The SMILES string of the molecule is C=C(/C=C\C=C/C)[C@@H](NC(=O)OC)C(=O)N1CCC[C@H]1c1ncc(-c2ccc3cc(-c4ccc(-c5cnc([C@@H]6[C@H]7CC[C@H](C7)N6C(=O)[C@@H](NC(=O)OC)C6CCOCC6)[nH]5)cc4)ccc3c2)[nH]1. The van der Waals surface area contributed by atoms with Gasteiger partial charge in [-0.05, 0) is 109 Å². The van der Waals surface area contributed by atoms with Crippen LogP contribution in [0.4, 0.5) is 9.59 Å². The van der Waals surface area contributed by atoms with Crippen molar-refractivity contribution in [2.45, 2.75) is 82.1 Å². The summed E-state index contributed by atoms with van der Waals surface area (Å²) in [6.07, 6.45) is 15.4. The van der Waals surface area contributed by atoms with E-state index in [1.165, 1.54) is 14.2 Å². The Morgan fingerprint density at radius 2 is 1.42 bits per heavy atom. The summed E-state index contributed by atoms with van der Waals surface area (Å²) >= 11 is 0. The van der Waals surface area contributed by atoms with E-state index in [9.17, 15) is 19.2 Å². The summed E-state index contributed by atoms with van der Waals surface area (Å²) in [6, 6.07) is 19.1. The van der Waals surface area contributed by atoms with Crippen LogP contribution in [0, 0.1) is 11.8 Å². The molecular formula is C52H58N8O7. The first-order chi connectivity index (χ1) is 32.6. The van der Waals surface area contributed by atoms with E-state index in [1.54, 1.807) is 23.2 Å². The predicted octanol–water partition coefficient (Wildman–Crippen LogP) is 8.57. The van der Waals surface area contributed by atoms with Crippen molar-refractivity contribution < 1.29 is 33.4 Å². The number of fused-ring (bicyclic) bond motifs is 3. The van der Waals surface area contributed by atoms with E-state index >= 15 is 0 Å². The molecule has 1 saturated carbocycles. The Morgan fingerprint density at radius 3 is 2.15 bits per heavy atom. The monoisotopic (exact) mass is 906 g/mol. The zero-order valence-corrected chi connectivity index (χ0v) is 38.2. The van der Waals surface area contributed by atoms with E-state index in [0.717, 1.165) is 82.3 Å². The molecule has 4 amide bonds. The van der Waals surface area contributed by atoms with Gasteiger partial charge in [0.15, 0.2) is 0 Å². The zero-order valence-electron chi connectivity index (χ0n) is 38.2. The molecule has 0 unspecified atom stereocenters. The quantitative estimate of drug-likeness (QED) is 0.0841. The number of benzene rings is 3. The molecule has 2 bridgehead atoms. The van der Waals surface area contributed by atoms with Crippen LogP contribution in [0.1, 0.15) is 75.6 Å². The molecule has 15 heteroatoms. The Labute approximate surface area is 390 Å². The van der Waals surface area contributed by atoms with Crippen LogP contribution in [0.3, 0.4) is 0 Å². The Morgan fingerprint density at radius 1 is 0.776 bits per heavy atom. The summed E-state index contributed by atoms with van der Waals surface area (Å²) in [5.74, 6) is 1.38. The van der Waals surface area contributed by atoms with Gasteiger partial charge in [-0.3, -0.25) is 9.59 Å². The minimum absolute atomic E-state index is 0.0281. The fraction of sp³-hybridized carbons (Fsp3) is 0.385. The number of allylic oxidation sites excluding steroid dienone is 3. The van der Waals surface area contributed by atoms with Crippen molar-refractivity contribution in [2.24, 2.45) is 11.8 Å². The Kier molecular flexibility index (Phi) is 13.4. The molecule has 67 heavy (non-hydrogen) atoms. The number of ether oxygens (including phenoxy) is 3. The molecule has 4 N–H and O–H groups in total. The van der Waals surface area contributed by atoms with Crippen LogP contribution in [-0.2, 0) is 23.8 Å². The second kappa shape index (κ2) is 19.8. The number of methoxy groups -OCH3 is 2. The average molecular weight is 907 g/mol. The highest BCUT2D eigenvalue weighted by Crippen LogP contribution is 2.50. The van der Waals surface area contributed by atoms with Crippen molar-refractivity contribution in [3.05, 3.63) is 121 Å². The lowest BCUT2D eigenvalue weighted by Crippen LogP contribution is -2.55. The van der Waals surface area contributed by atoms with Crippen LogP contribution in [0.15, 0.2) is 110 Å². The van der Waals surface area contributed by atoms with Gasteiger partial charge in [-0.15, -0.1) is 0 Å². The number of rotatable bonds is 13. The number of imidazole rings is 2.